The summed E-state index contributed by atoms with van der Waals surface area (Å²) >= 11 is 0. The number of carbonyl (C=O) groups excluding carboxylic acids is 2. The van der Waals surface area contributed by atoms with E-state index in [2.05, 4.69) is 0 Å². The third kappa shape index (κ3) is 6.20. The number of halogens is 1. The van der Waals surface area contributed by atoms with E-state index in [4.69, 9.17) is 9.47 Å². The van der Waals surface area contributed by atoms with Crippen LogP contribution in [0.1, 0.15) is 55.1 Å². The lowest BCUT2D eigenvalue weighted by Gasteiger charge is -2.24. The second-order valence-electron chi connectivity index (χ2n) is 7.26. The first-order valence-electron chi connectivity index (χ1n) is 8.94. The fourth-order valence-corrected chi connectivity index (χ4v) is 2.63. The standard InChI is InChI=1S/C22H25FO4/c1-5-26-20(24)17-10-8-16(9-11-17)19(21(25)27-22(2,3)4)14-15-6-12-18(23)13-7-15/h6-13,19H,5,14H2,1-4H3. The van der Waals surface area contributed by atoms with Crippen molar-refractivity contribution in [3.8, 4) is 0 Å². The zero-order valence-electron chi connectivity index (χ0n) is 16.1. The molecule has 1 unspecified atom stereocenters. The van der Waals surface area contributed by atoms with E-state index in [9.17, 15) is 14.0 Å². The molecule has 27 heavy (non-hydrogen) atoms. The van der Waals surface area contributed by atoms with E-state index < -0.39 is 17.5 Å². The molecule has 0 aliphatic carbocycles. The smallest absolute Gasteiger partial charge is 0.338 e. The van der Waals surface area contributed by atoms with Gasteiger partial charge in [-0.1, -0.05) is 24.3 Å². The van der Waals surface area contributed by atoms with Gasteiger partial charge in [0.2, 0.25) is 0 Å². The summed E-state index contributed by atoms with van der Waals surface area (Å²) in [5.41, 5.74) is 1.34. The fourth-order valence-electron chi connectivity index (χ4n) is 2.63. The maximum Gasteiger partial charge on any atom is 0.338 e. The number of carbonyl (C=O) groups is 2. The van der Waals surface area contributed by atoms with Gasteiger partial charge in [-0.15, -0.1) is 0 Å². The fraction of sp³-hybridized carbons (Fsp3) is 0.364. The molecular formula is C22H25FO4. The SMILES string of the molecule is CCOC(=O)c1ccc(C(Cc2ccc(F)cc2)C(=O)OC(C)(C)C)cc1. The normalized spacial score (nSPS) is 12.3. The van der Waals surface area contributed by atoms with Crippen molar-refractivity contribution < 1.29 is 23.5 Å². The molecule has 5 heteroatoms. The van der Waals surface area contributed by atoms with Gasteiger partial charge in [0.15, 0.2) is 0 Å². The van der Waals surface area contributed by atoms with E-state index in [-0.39, 0.29) is 11.8 Å². The maximum atomic E-state index is 13.2. The minimum absolute atomic E-state index is 0.297. The third-order valence-electron chi connectivity index (χ3n) is 3.87. The minimum Gasteiger partial charge on any atom is -0.462 e. The van der Waals surface area contributed by atoms with Crippen LogP contribution in [0.2, 0.25) is 0 Å². The molecule has 0 aliphatic rings. The quantitative estimate of drug-likeness (QED) is 0.692. The molecule has 0 aromatic heterocycles. The highest BCUT2D eigenvalue weighted by Gasteiger charge is 2.27. The number of hydrogen-bond donors (Lipinski definition) is 0. The van der Waals surface area contributed by atoms with Gasteiger partial charge in [-0.3, -0.25) is 4.79 Å². The molecule has 0 radical (unpaired) electrons. The van der Waals surface area contributed by atoms with Gasteiger partial charge in [0.1, 0.15) is 11.4 Å². The van der Waals surface area contributed by atoms with Crippen LogP contribution < -0.4 is 0 Å². The molecule has 0 saturated carbocycles. The predicted octanol–water partition coefficient (Wildman–Crippen LogP) is 4.67. The zero-order valence-corrected chi connectivity index (χ0v) is 16.1. The van der Waals surface area contributed by atoms with Crippen LogP contribution in [0, 0.1) is 5.82 Å². The molecule has 0 fully saturated rings. The number of rotatable bonds is 6. The van der Waals surface area contributed by atoms with Gasteiger partial charge in [-0.2, -0.15) is 0 Å². The summed E-state index contributed by atoms with van der Waals surface area (Å²) in [6.45, 7) is 7.47. The van der Waals surface area contributed by atoms with E-state index in [1.165, 1.54) is 12.1 Å². The molecule has 0 amide bonds. The largest absolute Gasteiger partial charge is 0.462 e. The van der Waals surface area contributed by atoms with Crippen molar-refractivity contribution in [1.29, 1.82) is 0 Å². The number of ether oxygens (including phenoxy) is 2. The lowest BCUT2D eigenvalue weighted by Crippen LogP contribution is -2.28. The van der Waals surface area contributed by atoms with E-state index in [1.807, 2.05) is 20.8 Å². The Hall–Kier alpha value is -2.69. The van der Waals surface area contributed by atoms with Crippen LogP contribution in [-0.4, -0.2) is 24.1 Å². The van der Waals surface area contributed by atoms with Gasteiger partial charge < -0.3 is 9.47 Å². The Kier molecular flexibility index (Phi) is 6.72. The van der Waals surface area contributed by atoms with Crippen molar-refractivity contribution in [3.05, 3.63) is 71.0 Å². The van der Waals surface area contributed by atoms with Gasteiger partial charge in [-0.25, -0.2) is 9.18 Å². The maximum absolute atomic E-state index is 13.2. The van der Waals surface area contributed by atoms with E-state index in [0.717, 1.165) is 11.1 Å². The highest BCUT2D eigenvalue weighted by molar-refractivity contribution is 5.89. The molecule has 2 aromatic carbocycles. The summed E-state index contributed by atoms with van der Waals surface area (Å²) in [4.78, 5) is 24.6. The summed E-state index contributed by atoms with van der Waals surface area (Å²) < 4.78 is 23.7. The molecule has 2 rings (SSSR count). The summed E-state index contributed by atoms with van der Waals surface area (Å²) in [6, 6.07) is 12.8. The topological polar surface area (TPSA) is 52.6 Å². The number of benzene rings is 2. The number of hydrogen-bond acceptors (Lipinski definition) is 4. The van der Waals surface area contributed by atoms with Crippen molar-refractivity contribution in [2.24, 2.45) is 0 Å². The highest BCUT2D eigenvalue weighted by atomic mass is 19.1. The Morgan fingerprint density at radius 2 is 1.59 bits per heavy atom. The van der Waals surface area contributed by atoms with Gasteiger partial charge in [0.05, 0.1) is 18.1 Å². The molecule has 0 N–H and O–H groups in total. The Balaban J connectivity index is 2.29. The van der Waals surface area contributed by atoms with Crippen LogP contribution in [0.25, 0.3) is 0 Å². The third-order valence-corrected chi connectivity index (χ3v) is 3.87. The Bertz CT molecular complexity index is 773. The van der Waals surface area contributed by atoms with Crippen molar-refractivity contribution in [2.45, 2.75) is 45.6 Å². The van der Waals surface area contributed by atoms with Crippen molar-refractivity contribution >= 4 is 11.9 Å². The van der Waals surface area contributed by atoms with Crippen LogP contribution in [0.15, 0.2) is 48.5 Å². The van der Waals surface area contributed by atoms with Crippen molar-refractivity contribution in [2.75, 3.05) is 6.61 Å². The van der Waals surface area contributed by atoms with Crippen LogP contribution in [-0.2, 0) is 20.7 Å². The molecule has 0 heterocycles. The summed E-state index contributed by atoms with van der Waals surface area (Å²) in [6.07, 6.45) is 0.369. The van der Waals surface area contributed by atoms with Crippen LogP contribution in [0.3, 0.4) is 0 Å². The molecule has 1 atom stereocenters. The molecule has 0 saturated heterocycles. The molecule has 4 nitrogen and oxygen atoms in total. The van der Waals surface area contributed by atoms with Gasteiger partial charge in [0.25, 0.3) is 0 Å². The van der Waals surface area contributed by atoms with Crippen LogP contribution in [0.4, 0.5) is 4.39 Å². The average Bonchev–Trinajstić information content (AvgIpc) is 2.60. The predicted molar refractivity (Wildman–Crippen MR) is 101 cm³/mol. The van der Waals surface area contributed by atoms with Crippen LogP contribution in [0.5, 0.6) is 0 Å². The van der Waals surface area contributed by atoms with E-state index in [0.29, 0.717) is 18.6 Å². The van der Waals surface area contributed by atoms with Gasteiger partial charge >= 0.3 is 11.9 Å². The van der Waals surface area contributed by atoms with Crippen LogP contribution >= 0.6 is 0 Å². The minimum atomic E-state index is -0.622. The first-order chi connectivity index (χ1) is 12.7. The van der Waals surface area contributed by atoms with E-state index >= 15 is 0 Å². The number of esters is 2. The van der Waals surface area contributed by atoms with Gasteiger partial charge in [0, 0.05) is 0 Å². The zero-order chi connectivity index (χ0) is 20.0. The molecule has 0 spiro atoms. The Labute approximate surface area is 159 Å². The average molecular weight is 372 g/mol. The second kappa shape index (κ2) is 8.80. The molecular weight excluding hydrogens is 347 g/mol. The molecule has 2 aromatic rings. The molecule has 0 bridgehead atoms. The van der Waals surface area contributed by atoms with Gasteiger partial charge in [-0.05, 0) is 69.5 Å². The summed E-state index contributed by atoms with van der Waals surface area (Å²) in [5, 5.41) is 0. The monoisotopic (exact) mass is 372 g/mol. The summed E-state index contributed by atoms with van der Waals surface area (Å²) in [5.74, 6) is -1.66. The first kappa shape index (κ1) is 20.6. The first-order valence-corrected chi connectivity index (χ1v) is 8.94. The van der Waals surface area contributed by atoms with Crippen molar-refractivity contribution in [1.82, 2.24) is 0 Å². The lowest BCUT2D eigenvalue weighted by molar-refractivity contribution is -0.156. The Morgan fingerprint density at radius 1 is 1.00 bits per heavy atom. The second-order valence-corrected chi connectivity index (χ2v) is 7.26. The highest BCUT2D eigenvalue weighted by Crippen LogP contribution is 2.26. The van der Waals surface area contributed by atoms with E-state index in [1.54, 1.807) is 43.3 Å². The van der Waals surface area contributed by atoms with Crippen molar-refractivity contribution in [3.63, 3.8) is 0 Å². The molecule has 144 valence electrons. The lowest BCUT2D eigenvalue weighted by atomic mass is 9.91. The molecule has 0 aliphatic heterocycles. The Morgan fingerprint density at radius 3 is 2.11 bits per heavy atom. The summed E-state index contributed by atoms with van der Waals surface area (Å²) in [7, 11) is 0.